The first-order chi connectivity index (χ1) is 14.5. The number of aryl methyl sites for hydroxylation is 2. The zero-order valence-corrected chi connectivity index (χ0v) is 17.4. The average molecular weight is 408 g/mol. The van der Waals surface area contributed by atoms with Crippen LogP contribution in [0.15, 0.2) is 60.7 Å². The Balaban J connectivity index is 1.41. The quantitative estimate of drug-likeness (QED) is 0.469. The van der Waals surface area contributed by atoms with E-state index in [1.165, 1.54) is 5.56 Å². The maximum absolute atomic E-state index is 12.8. The predicted octanol–water partition coefficient (Wildman–Crippen LogP) is 3.07. The number of imide groups is 1. The van der Waals surface area contributed by atoms with E-state index in [2.05, 4.69) is 22.8 Å². The summed E-state index contributed by atoms with van der Waals surface area (Å²) in [6.07, 6.45) is 3.92. The molecule has 30 heavy (non-hydrogen) atoms. The van der Waals surface area contributed by atoms with Gasteiger partial charge >= 0.3 is 6.03 Å². The molecule has 6 nitrogen and oxygen atoms in total. The van der Waals surface area contributed by atoms with Crippen molar-refractivity contribution in [1.82, 2.24) is 15.5 Å². The highest BCUT2D eigenvalue weighted by Crippen LogP contribution is 2.23. The Morgan fingerprint density at radius 3 is 2.17 bits per heavy atom. The summed E-state index contributed by atoms with van der Waals surface area (Å²) in [7, 11) is 0. The van der Waals surface area contributed by atoms with Crippen molar-refractivity contribution in [3.05, 3.63) is 71.8 Å². The first-order valence-corrected chi connectivity index (χ1v) is 10.5. The van der Waals surface area contributed by atoms with Crippen LogP contribution in [-0.4, -0.2) is 41.4 Å². The van der Waals surface area contributed by atoms with E-state index in [4.69, 9.17) is 0 Å². The molecule has 1 aliphatic heterocycles. The number of hydrogen-bond acceptors (Lipinski definition) is 3. The van der Waals surface area contributed by atoms with Crippen LogP contribution in [0, 0.1) is 0 Å². The minimum atomic E-state index is -0.983. The number of rotatable bonds is 10. The topological polar surface area (TPSA) is 78.5 Å². The molecule has 0 spiro atoms. The first-order valence-electron chi connectivity index (χ1n) is 10.5. The SMILES string of the molecule is CC1(CCc2ccccc2)NC(=O)N(CC(=O)NCCCCc2ccccc2)C1=O. The van der Waals surface area contributed by atoms with Gasteiger partial charge in [-0.2, -0.15) is 0 Å². The van der Waals surface area contributed by atoms with Crippen LogP contribution in [0.5, 0.6) is 0 Å². The monoisotopic (exact) mass is 407 g/mol. The molecule has 1 atom stereocenters. The van der Waals surface area contributed by atoms with Crippen molar-refractivity contribution in [2.75, 3.05) is 13.1 Å². The number of amides is 4. The Morgan fingerprint density at radius 2 is 1.53 bits per heavy atom. The molecule has 0 saturated carbocycles. The molecular weight excluding hydrogens is 378 g/mol. The standard InChI is InChI=1S/C24H29N3O3/c1-24(16-15-20-12-6-3-7-13-20)22(29)27(23(30)26-24)18-21(28)25-17-9-8-14-19-10-4-2-5-11-19/h2-7,10-13H,8-9,14-18H2,1H3,(H,25,28)(H,26,30). The number of unbranched alkanes of at least 4 members (excludes halogenated alkanes) is 1. The largest absolute Gasteiger partial charge is 0.355 e. The van der Waals surface area contributed by atoms with Crippen molar-refractivity contribution in [3.8, 4) is 0 Å². The fourth-order valence-corrected chi connectivity index (χ4v) is 3.63. The molecule has 1 aliphatic rings. The molecule has 2 aromatic carbocycles. The molecule has 1 heterocycles. The Kier molecular flexibility index (Phi) is 7.22. The van der Waals surface area contributed by atoms with Crippen molar-refractivity contribution in [2.24, 2.45) is 0 Å². The molecule has 1 unspecified atom stereocenters. The van der Waals surface area contributed by atoms with E-state index in [1.54, 1.807) is 6.92 Å². The molecular formula is C24H29N3O3. The normalized spacial score (nSPS) is 18.4. The van der Waals surface area contributed by atoms with E-state index in [1.807, 2.05) is 48.5 Å². The van der Waals surface area contributed by atoms with Gasteiger partial charge in [0.05, 0.1) is 0 Å². The lowest BCUT2D eigenvalue weighted by Gasteiger charge is -2.21. The lowest BCUT2D eigenvalue weighted by molar-refractivity contribution is -0.134. The van der Waals surface area contributed by atoms with Gasteiger partial charge in [0.25, 0.3) is 5.91 Å². The Labute approximate surface area is 177 Å². The molecule has 0 aromatic heterocycles. The molecule has 1 saturated heterocycles. The van der Waals surface area contributed by atoms with Gasteiger partial charge in [-0.15, -0.1) is 0 Å². The van der Waals surface area contributed by atoms with E-state index in [9.17, 15) is 14.4 Å². The van der Waals surface area contributed by atoms with Gasteiger partial charge in [0, 0.05) is 6.54 Å². The molecule has 0 radical (unpaired) electrons. The molecule has 2 N–H and O–H groups in total. The smallest absolute Gasteiger partial charge is 0.325 e. The van der Waals surface area contributed by atoms with E-state index in [0.717, 1.165) is 29.7 Å². The maximum atomic E-state index is 12.8. The summed E-state index contributed by atoms with van der Waals surface area (Å²) in [4.78, 5) is 38.3. The highest BCUT2D eigenvalue weighted by atomic mass is 16.2. The Hall–Kier alpha value is -3.15. The minimum absolute atomic E-state index is 0.246. The fraction of sp³-hybridized carbons (Fsp3) is 0.375. The van der Waals surface area contributed by atoms with Crippen molar-refractivity contribution in [3.63, 3.8) is 0 Å². The van der Waals surface area contributed by atoms with Gasteiger partial charge in [0.15, 0.2) is 0 Å². The third kappa shape index (κ3) is 5.69. The Bertz CT molecular complexity index is 870. The van der Waals surface area contributed by atoms with E-state index < -0.39 is 11.6 Å². The number of nitrogens with zero attached hydrogens (tertiary/aromatic N) is 1. The summed E-state index contributed by atoms with van der Waals surface area (Å²) in [5, 5.41) is 5.57. The second-order valence-corrected chi connectivity index (χ2v) is 7.93. The van der Waals surface area contributed by atoms with Crippen LogP contribution in [0.3, 0.4) is 0 Å². The fourth-order valence-electron chi connectivity index (χ4n) is 3.63. The highest BCUT2D eigenvalue weighted by molar-refractivity contribution is 6.08. The van der Waals surface area contributed by atoms with Gasteiger partial charge in [-0.1, -0.05) is 60.7 Å². The number of urea groups is 1. The van der Waals surface area contributed by atoms with Gasteiger partial charge in [0.1, 0.15) is 12.1 Å². The molecule has 2 aromatic rings. The van der Waals surface area contributed by atoms with E-state index >= 15 is 0 Å². The van der Waals surface area contributed by atoms with Crippen molar-refractivity contribution >= 4 is 17.8 Å². The van der Waals surface area contributed by atoms with Gasteiger partial charge in [0.2, 0.25) is 5.91 Å². The van der Waals surface area contributed by atoms with Crippen LogP contribution >= 0.6 is 0 Å². The van der Waals surface area contributed by atoms with Crippen LogP contribution in [0.4, 0.5) is 4.79 Å². The summed E-state index contributed by atoms with van der Waals surface area (Å²) in [6, 6.07) is 19.5. The van der Waals surface area contributed by atoms with Crippen LogP contribution < -0.4 is 10.6 Å². The van der Waals surface area contributed by atoms with Crippen molar-refractivity contribution in [2.45, 2.75) is 44.6 Å². The molecule has 0 aliphatic carbocycles. The minimum Gasteiger partial charge on any atom is -0.355 e. The van der Waals surface area contributed by atoms with Crippen molar-refractivity contribution in [1.29, 1.82) is 0 Å². The van der Waals surface area contributed by atoms with Crippen LogP contribution in [0.2, 0.25) is 0 Å². The number of nitrogens with one attached hydrogen (secondary N) is 2. The Morgan fingerprint density at radius 1 is 0.933 bits per heavy atom. The van der Waals surface area contributed by atoms with Crippen LogP contribution in [-0.2, 0) is 22.4 Å². The first kappa shape index (κ1) is 21.6. The zero-order chi connectivity index (χ0) is 21.4. The predicted molar refractivity (Wildman–Crippen MR) is 116 cm³/mol. The summed E-state index contributed by atoms with van der Waals surface area (Å²) in [6.45, 7) is 2.00. The second-order valence-electron chi connectivity index (χ2n) is 7.93. The van der Waals surface area contributed by atoms with Crippen LogP contribution in [0.1, 0.15) is 37.3 Å². The lowest BCUT2D eigenvalue weighted by atomic mass is 9.93. The third-order valence-electron chi connectivity index (χ3n) is 5.46. The maximum Gasteiger partial charge on any atom is 0.325 e. The van der Waals surface area contributed by atoms with Gasteiger partial charge in [-0.25, -0.2) is 4.79 Å². The van der Waals surface area contributed by atoms with E-state index in [-0.39, 0.29) is 18.4 Å². The molecule has 6 heteroatoms. The van der Waals surface area contributed by atoms with Crippen LogP contribution in [0.25, 0.3) is 0 Å². The number of carbonyl (C=O) groups is 3. The molecule has 4 amide bonds. The van der Waals surface area contributed by atoms with Crippen molar-refractivity contribution < 1.29 is 14.4 Å². The summed E-state index contributed by atoms with van der Waals surface area (Å²) >= 11 is 0. The molecule has 3 rings (SSSR count). The highest BCUT2D eigenvalue weighted by Gasteiger charge is 2.47. The van der Waals surface area contributed by atoms with Gasteiger partial charge < -0.3 is 10.6 Å². The number of benzene rings is 2. The number of carbonyl (C=O) groups excluding carboxylic acids is 3. The zero-order valence-electron chi connectivity index (χ0n) is 17.4. The molecule has 0 bridgehead atoms. The second kappa shape index (κ2) is 10.1. The summed E-state index contributed by atoms with van der Waals surface area (Å²) in [5.74, 6) is -0.659. The number of hydrogen-bond donors (Lipinski definition) is 2. The summed E-state index contributed by atoms with van der Waals surface area (Å²) < 4.78 is 0. The van der Waals surface area contributed by atoms with Gasteiger partial charge in [-0.05, 0) is 50.2 Å². The summed E-state index contributed by atoms with van der Waals surface area (Å²) in [5.41, 5.74) is 1.40. The molecule has 158 valence electrons. The third-order valence-corrected chi connectivity index (χ3v) is 5.46. The average Bonchev–Trinajstić information content (AvgIpc) is 2.97. The lowest BCUT2D eigenvalue weighted by Crippen LogP contribution is -2.45. The van der Waals surface area contributed by atoms with Gasteiger partial charge in [-0.3, -0.25) is 14.5 Å². The molecule has 1 fully saturated rings. The van der Waals surface area contributed by atoms with E-state index in [0.29, 0.717) is 19.4 Å².